The molecule has 0 unspecified atom stereocenters. The molecule has 1 heterocycles. The van der Waals surface area contributed by atoms with E-state index in [-0.39, 0.29) is 11.2 Å². The molecule has 2 aromatic rings. The number of aryl methyl sites for hydroxylation is 1. The van der Waals surface area contributed by atoms with E-state index in [0.29, 0.717) is 13.2 Å². The van der Waals surface area contributed by atoms with Crippen molar-refractivity contribution in [2.45, 2.75) is 50.6 Å². The highest BCUT2D eigenvalue weighted by molar-refractivity contribution is 8.00. The smallest absolute Gasteiger partial charge is 0.319 e. The van der Waals surface area contributed by atoms with Crippen LogP contribution in [-0.4, -0.2) is 32.6 Å². The number of carbonyl (C=O) groups is 1. The van der Waals surface area contributed by atoms with Gasteiger partial charge in [-0.3, -0.25) is 4.79 Å². The van der Waals surface area contributed by atoms with E-state index >= 15 is 0 Å². The number of esters is 1. The Bertz CT molecular complexity index is 628. The Hall–Kier alpha value is -1.82. The molecule has 0 saturated heterocycles. The molecule has 0 spiro atoms. The first-order chi connectivity index (χ1) is 11.1. The van der Waals surface area contributed by atoms with Crippen LogP contribution >= 0.6 is 11.8 Å². The van der Waals surface area contributed by atoms with Crippen LogP contribution in [-0.2, 0) is 16.1 Å². The van der Waals surface area contributed by atoms with Crippen molar-refractivity contribution < 1.29 is 9.53 Å². The van der Waals surface area contributed by atoms with Crippen molar-refractivity contribution in [2.24, 2.45) is 0 Å². The lowest BCUT2D eigenvalue weighted by molar-refractivity contribution is -0.142. The topological polar surface area (TPSA) is 57.0 Å². The van der Waals surface area contributed by atoms with Gasteiger partial charge in [0.1, 0.15) is 11.1 Å². The van der Waals surface area contributed by atoms with Gasteiger partial charge in [-0.15, -0.1) is 10.2 Å². The van der Waals surface area contributed by atoms with Crippen LogP contribution in [0.4, 0.5) is 0 Å². The zero-order valence-electron chi connectivity index (χ0n) is 13.9. The maximum Gasteiger partial charge on any atom is 0.319 e. The minimum absolute atomic E-state index is 0.199. The molecule has 0 aliphatic rings. The molecule has 0 fully saturated rings. The predicted octanol–water partition coefficient (Wildman–Crippen LogP) is 3.46. The second-order valence-corrected chi connectivity index (χ2v) is 6.69. The summed E-state index contributed by atoms with van der Waals surface area (Å²) in [6.45, 7) is 7.01. The monoisotopic (exact) mass is 333 g/mol. The summed E-state index contributed by atoms with van der Waals surface area (Å²) in [5, 5.41) is 8.78. The molecule has 1 aromatic heterocycles. The first-order valence-corrected chi connectivity index (χ1v) is 8.76. The minimum atomic E-state index is -0.301. The van der Waals surface area contributed by atoms with Gasteiger partial charge in [0.2, 0.25) is 0 Å². The Labute approximate surface area is 141 Å². The minimum Gasteiger partial charge on any atom is -0.465 e. The Balaban J connectivity index is 2.01. The standard InChI is InChI=1S/C17H23N3O2S/c1-4-5-11-22-16(21)13(2)23-17-19-18-14(3)20(17)12-15-9-7-6-8-10-15/h6-10,13H,4-5,11-12H2,1-3H3/t13-/m0/s1. The Morgan fingerprint density at radius 2 is 2.04 bits per heavy atom. The highest BCUT2D eigenvalue weighted by atomic mass is 32.2. The Kier molecular flexibility index (Phi) is 6.65. The number of rotatable bonds is 8. The van der Waals surface area contributed by atoms with Gasteiger partial charge in [0, 0.05) is 0 Å². The number of hydrogen-bond donors (Lipinski definition) is 0. The summed E-state index contributed by atoms with van der Waals surface area (Å²) in [4.78, 5) is 12.0. The summed E-state index contributed by atoms with van der Waals surface area (Å²) in [7, 11) is 0. The van der Waals surface area contributed by atoms with E-state index in [0.717, 1.165) is 23.8 Å². The fraction of sp³-hybridized carbons (Fsp3) is 0.471. The molecule has 1 aromatic carbocycles. The predicted molar refractivity (Wildman–Crippen MR) is 91.5 cm³/mol. The molecule has 5 nitrogen and oxygen atoms in total. The van der Waals surface area contributed by atoms with Crippen LogP contribution < -0.4 is 0 Å². The van der Waals surface area contributed by atoms with E-state index in [4.69, 9.17) is 4.74 Å². The summed E-state index contributed by atoms with van der Waals surface area (Å²) in [6, 6.07) is 10.1. The molecule has 1 atom stereocenters. The fourth-order valence-electron chi connectivity index (χ4n) is 2.04. The molecule has 124 valence electrons. The number of unbranched alkanes of at least 4 members (excludes halogenated alkanes) is 1. The van der Waals surface area contributed by atoms with Crippen molar-refractivity contribution >= 4 is 17.7 Å². The van der Waals surface area contributed by atoms with Crippen molar-refractivity contribution in [3.05, 3.63) is 41.7 Å². The van der Waals surface area contributed by atoms with Crippen molar-refractivity contribution in [1.82, 2.24) is 14.8 Å². The SMILES string of the molecule is CCCCOC(=O)[C@H](C)Sc1nnc(C)n1Cc1ccccc1. The average Bonchev–Trinajstić information content (AvgIpc) is 2.89. The molecule has 0 radical (unpaired) electrons. The highest BCUT2D eigenvalue weighted by Gasteiger charge is 2.20. The second-order valence-electron chi connectivity index (χ2n) is 5.38. The van der Waals surface area contributed by atoms with Gasteiger partial charge in [-0.05, 0) is 25.8 Å². The fourth-order valence-corrected chi connectivity index (χ4v) is 2.93. The largest absolute Gasteiger partial charge is 0.465 e. The van der Waals surface area contributed by atoms with Gasteiger partial charge in [-0.2, -0.15) is 0 Å². The molecular weight excluding hydrogens is 310 g/mol. The van der Waals surface area contributed by atoms with Crippen LogP contribution in [0.2, 0.25) is 0 Å². The summed E-state index contributed by atoms with van der Waals surface area (Å²) in [5.41, 5.74) is 1.18. The number of benzene rings is 1. The number of carbonyl (C=O) groups excluding carboxylic acids is 1. The first-order valence-electron chi connectivity index (χ1n) is 7.88. The number of ether oxygens (including phenoxy) is 1. The van der Waals surface area contributed by atoms with Gasteiger partial charge in [0.05, 0.1) is 13.2 Å². The van der Waals surface area contributed by atoms with Gasteiger partial charge >= 0.3 is 5.97 Å². The van der Waals surface area contributed by atoms with E-state index in [2.05, 4.69) is 29.3 Å². The number of hydrogen-bond acceptors (Lipinski definition) is 5. The van der Waals surface area contributed by atoms with E-state index in [9.17, 15) is 4.79 Å². The zero-order chi connectivity index (χ0) is 16.7. The van der Waals surface area contributed by atoms with Crippen molar-refractivity contribution in [3.63, 3.8) is 0 Å². The van der Waals surface area contributed by atoms with E-state index in [1.165, 1.54) is 17.3 Å². The van der Waals surface area contributed by atoms with Gasteiger partial charge < -0.3 is 9.30 Å². The highest BCUT2D eigenvalue weighted by Crippen LogP contribution is 2.24. The normalized spacial score (nSPS) is 12.1. The van der Waals surface area contributed by atoms with E-state index in [1.54, 1.807) is 0 Å². The van der Waals surface area contributed by atoms with Crippen LogP contribution in [0.1, 0.15) is 38.1 Å². The first kappa shape index (κ1) is 17.5. The third kappa shape index (κ3) is 5.10. The van der Waals surface area contributed by atoms with E-state index < -0.39 is 0 Å². The van der Waals surface area contributed by atoms with Crippen LogP contribution in [0.5, 0.6) is 0 Å². The van der Waals surface area contributed by atoms with Crippen molar-refractivity contribution in [3.8, 4) is 0 Å². The molecular formula is C17H23N3O2S. The second kappa shape index (κ2) is 8.72. The molecule has 0 aliphatic carbocycles. The average molecular weight is 333 g/mol. The Morgan fingerprint density at radius 3 is 2.74 bits per heavy atom. The van der Waals surface area contributed by atoms with Crippen LogP contribution in [0.25, 0.3) is 0 Å². The Morgan fingerprint density at radius 1 is 1.30 bits per heavy atom. The van der Waals surface area contributed by atoms with Crippen LogP contribution in [0.3, 0.4) is 0 Å². The maximum absolute atomic E-state index is 12.0. The number of aromatic nitrogens is 3. The molecule has 0 amide bonds. The maximum atomic E-state index is 12.0. The van der Waals surface area contributed by atoms with Gasteiger partial charge in [0.15, 0.2) is 5.16 Å². The lowest BCUT2D eigenvalue weighted by Gasteiger charge is -2.12. The molecule has 0 bridgehead atoms. The third-order valence-electron chi connectivity index (χ3n) is 3.44. The van der Waals surface area contributed by atoms with Gasteiger partial charge in [-0.1, -0.05) is 55.4 Å². The van der Waals surface area contributed by atoms with Crippen molar-refractivity contribution in [2.75, 3.05) is 6.61 Å². The van der Waals surface area contributed by atoms with Crippen LogP contribution in [0, 0.1) is 6.92 Å². The molecule has 0 N–H and O–H groups in total. The lowest BCUT2D eigenvalue weighted by Crippen LogP contribution is -2.18. The molecule has 2 rings (SSSR count). The summed E-state index contributed by atoms with van der Waals surface area (Å²) in [5.74, 6) is 0.637. The summed E-state index contributed by atoms with van der Waals surface area (Å²) < 4.78 is 7.29. The van der Waals surface area contributed by atoms with E-state index in [1.807, 2.05) is 36.6 Å². The number of thioether (sulfide) groups is 1. The third-order valence-corrected chi connectivity index (χ3v) is 4.50. The molecule has 23 heavy (non-hydrogen) atoms. The molecule has 6 heteroatoms. The molecule has 0 aliphatic heterocycles. The number of nitrogens with zero attached hydrogens (tertiary/aromatic N) is 3. The van der Waals surface area contributed by atoms with Gasteiger partial charge in [0.25, 0.3) is 0 Å². The summed E-state index contributed by atoms with van der Waals surface area (Å²) >= 11 is 1.39. The lowest BCUT2D eigenvalue weighted by atomic mass is 10.2. The van der Waals surface area contributed by atoms with Crippen molar-refractivity contribution in [1.29, 1.82) is 0 Å². The summed E-state index contributed by atoms with van der Waals surface area (Å²) in [6.07, 6.45) is 1.91. The van der Waals surface area contributed by atoms with Gasteiger partial charge in [-0.25, -0.2) is 0 Å². The molecule has 0 saturated carbocycles. The quantitative estimate of drug-likeness (QED) is 0.421. The van der Waals surface area contributed by atoms with Crippen LogP contribution in [0.15, 0.2) is 35.5 Å². The zero-order valence-corrected chi connectivity index (χ0v) is 14.7.